The van der Waals surface area contributed by atoms with Gasteiger partial charge in [-0.1, -0.05) is 29.3 Å². The van der Waals surface area contributed by atoms with Gasteiger partial charge in [0.2, 0.25) is 5.91 Å². The number of methoxy groups -OCH3 is 1. The van der Waals surface area contributed by atoms with Gasteiger partial charge in [-0.2, -0.15) is 0 Å². The number of nitrogens with one attached hydrogen (secondary N) is 1. The van der Waals surface area contributed by atoms with E-state index in [1.807, 2.05) is 6.07 Å². The van der Waals surface area contributed by atoms with Gasteiger partial charge in [-0.25, -0.2) is 0 Å². The highest BCUT2D eigenvalue weighted by Gasteiger charge is 2.14. The molecule has 2 aromatic rings. The van der Waals surface area contributed by atoms with Crippen molar-refractivity contribution in [3.05, 3.63) is 62.1 Å². The maximum atomic E-state index is 11.8. The van der Waals surface area contributed by atoms with Gasteiger partial charge in [0.1, 0.15) is 12.6 Å². The fourth-order valence-corrected chi connectivity index (χ4v) is 3.15. The minimum atomic E-state index is -1.11. The number of carboxylic acid groups (broad SMARTS) is 1. The number of hydrogen-bond donors (Lipinski definition) is 2. The lowest BCUT2D eigenvalue weighted by atomic mass is 10.1. The maximum Gasteiger partial charge on any atom is 0.325 e. The zero-order valence-electron chi connectivity index (χ0n) is 15.5. The summed E-state index contributed by atoms with van der Waals surface area (Å²) < 4.78 is 11.9. The van der Waals surface area contributed by atoms with Crippen LogP contribution < -0.4 is 14.8 Å². The van der Waals surface area contributed by atoms with Crippen molar-refractivity contribution >= 4 is 57.1 Å². The summed E-state index contributed by atoms with van der Waals surface area (Å²) in [6.45, 7) is 1.63. The Morgan fingerprint density at radius 3 is 2.59 bits per heavy atom. The van der Waals surface area contributed by atoms with E-state index in [4.69, 9.17) is 37.8 Å². The van der Waals surface area contributed by atoms with Gasteiger partial charge in [0.25, 0.3) is 0 Å². The molecule has 0 aliphatic rings. The summed E-state index contributed by atoms with van der Waals surface area (Å²) >= 11 is 15.4. The number of hydrogen-bond acceptors (Lipinski definition) is 4. The predicted molar refractivity (Wildman–Crippen MR) is 116 cm³/mol. The number of rotatable bonds is 8. The van der Waals surface area contributed by atoms with E-state index in [9.17, 15) is 9.59 Å². The first kappa shape index (κ1) is 23.1. The molecule has 154 valence electrons. The smallest absolute Gasteiger partial charge is 0.325 e. The highest BCUT2D eigenvalue weighted by atomic mass is 79.9. The standard InChI is InChI=1S/C20H18BrCl2NO5/c1-11(20(26)27)24-18(25)6-4-12-7-14(21)19(17(9-12)28-2)29-10-13-3-5-15(22)16(23)8-13/h3-9,11H,10H2,1-2H3,(H,24,25)(H,26,27)/b6-4+/t11-/m1/s1. The van der Waals surface area contributed by atoms with Crippen LogP contribution in [0.15, 0.2) is 40.9 Å². The van der Waals surface area contributed by atoms with Gasteiger partial charge in [0, 0.05) is 6.08 Å². The van der Waals surface area contributed by atoms with Crippen molar-refractivity contribution in [3.8, 4) is 11.5 Å². The number of amides is 1. The molecule has 1 atom stereocenters. The average molecular weight is 503 g/mol. The number of carbonyl (C=O) groups is 2. The molecule has 2 N–H and O–H groups in total. The Labute approximate surface area is 186 Å². The highest BCUT2D eigenvalue weighted by molar-refractivity contribution is 9.10. The molecule has 29 heavy (non-hydrogen) atoms. The second-order valence-electron chi connectivity index (χ2n) is 5.97. The van der Waals surface area contributed by atoms with Gasteiger partial charge in [0.05, 0.1) is 21.6 Å². The van der Waals surface area contributed by atoms with Crippen LogP contribution in [0.5, 0.6) is 11.5 Å². The minimum Gasteiger partial charge on any atom is -0.493 e. The molecular formula is C20H18BrCl2NO5. The lowest BCUT2D eigenvalue weighted by molar-refractivity contribution is -0.140. The molecular weight excluding hydrogens is 485 g/mol. The van der Waals surface area contributed by atoms with Gasteiger partial charge in [-0.15, -0.1) is 0 Å². The summed E-state index contributed by atoms with van der Waals surface area (Å²) in [7, 11) is 1.50. The Kier molecular flexibility index (Phi) is 8.37. The second-order valence-corrected chi connectivity index (χ2v) is 7.64. The molecule has 0 spiro atoms. The zero-order chi connectivity index (χ0) is 21.6. The molecule has 0 saturated carbocycles. The van der Waals surface area contributed by atoms with Crippen molar-refractivity contribution in [2.45, 2.75) is 19.6 Å². The molecule has 0 aliphatic heterocycles. The Morgan fingerprint density at radius 2 is 1.97 bits per heavy atom. The van der Waals surface area contributed by atoms with E-state index in [1.54, 1.807) is 30.3 Å². The van der Waals surface area contributed by atoms with E-state index in [0.29, 0.717) is 31.6 Å². The molecule has 0 radical (unpaired) electrons. The van der Waals surface area contributed by atoms with Gasteiger partial charge < -0.3 is 19.9 Å². The molecule has 0 unspecified atom stereocenters. The molecule has 0 bridgehead atoms. The molecule has 1 amide bonds. The normalized spacial score (nSPS) is 11.9. The van der Waals surface area contributed by atoms with Crippen LogP contribution in [0.3, 0.4) is 0 Å². The molecule has 0 saturated heterocycles. The van der Waals surface area contributed by atoms with E-state index in [0.717, 1.165) is 5.56 Å². The van der Waals surface area contributed by atoms with E-state index in [2.05, 4.69) is 21.2 Å². The number of ether oxygens (including phenoxy) is 2. The second kappa shape index (κ2) is 10.5. The first-order valence-electron chi connectivity index (χ1n) is 8.37. The molecule has 0 aromatic heterocycles. The molecule has 2 rings (SSSR count). The van der Waals surface area contributed by atoms with Crippen molar-refractivity contribution in [3.63, 3.8) is 0 Å². The molecule has 6 nitrogen and oxygen atoms in total. The summed E-state index contributed by atoms with van der Waals surface area (Å²) in [6.07, 6.45) is 2.79. The zero-order valence-corrected chi connectivity index (χ0v) is 18.6. The van der Waals surface area contributed by atoms with Crippen LogP contribution in [0.1, 0.15) is 18.1 Å². The van der Waals surface area contributed by atoms with Crippen LogP contribution in [0, 0.1) is 0 Å². The Morgan fingerprint density at radius 1 is 1.24 bits per heavy atom. The van der Waals surface area contributed by atoms with Crippen molar-refractivity contribution < 1.29 is 24.2 Å². The topological polar surface area (TPSA) is 84.9 Å². The van der Waals surface area contributed by atoms with Gasteiger partial charge in [0.15, 0.2) is 11.5 Å². The molecule has 2 aromatic carbocycles. The first-order chi connectivity index (χ1) is 13.7. The third kappa shape index (κ3) is 6.66. The molecule has 0 fully saturated rings. The van der Waals surface area contributed by atoms with Crippen LogP contribution in [0.25, 0.3) is 6.08 Å². The Hall–Kier alpha value is -2.22. The summed E-state index contributed by atoms with van der Waals surface area (Å²) in [4.78, 5) is 22.6. The minimum absolute atomic E-state index is 0.247. The first-order valence-corrected chi connectivity index (χ1v) is 9.91. The maximum absolute atomic E-state index is 11.8. The van der Waals surface area contributed by atoms with Crippen molar-refractivity contribution in [1.29, 1.82) is 0 Å². The number of carbonyl (C=O) groups excluding carboxylic acids is 1. The summed E-state index contributed by atoms with van der Waals surface area (Å²) in [5.41, 5.74) is 1.50. The lowest BCUT2D eigenvalue weighted by Crippen LogP contribution is -2.37. The SMILES string of the molecule is COc1cc(/C=C/C(=O)N[C@H](C)C(=O)O)cc(Br)c1OCc1ccc(Cl)c(Cl)c1. The van der Waals surface area contributed by atoms with Crippen LogP contribution in [-0.2, 0) is 16.2 Å². The van der Waals surface area contributed by atoms with Crippen LogP contribution >= 0.6 is 39.1 Å². The van der Waals surface area contributed by atoms with E-state index >= 15 is 0 Å². The van der Waals surface area contributed by atoms with E-state index < -0.39 is 17.9 Å². The van der Waals surface area contributed by atoms with Crippen LogP contribution in [0.2, 0.25) is 10.0 Å². The quantitative estimate of drug-likeness (QED) is 0.499. The third-order valence-electron chi connectivity index (χ3n) is 3.78. The summed E-state index contributed by atoms with van der Waals surface area (Å²) in [5, 5.41) is 12.1. The molecule has 0 aliphatic carbocycles. The van der Waals surface area contributed by atoms with Gasteiger partial charge >= 0.3 is 5.97 Å². The number of benzene rings is 2. The van der Waals surface area contributed by atoms with Crippen molar-refractivity contribution in [1.82, 2.24) is 5.32 Å². The lowest BCUT2D eigenvalue weighted by Gasteiger charge is -2.14. The number of carboxylic acids is 1. The molecule has 0 heterocycles. The van der Waals surface area contributed by atoms with E-state index in [-0.39, 0.29) is 6.61 Å². The third-order valence-corrected chi connectivity index (χ3v) is 5.10. The number of halogens is 3. The monoisotopic (exact) mass is 501 g/mol. The summed E-state index contributed by atoms with van der Waals surface area (Å²) in [5.74, 6) is -0.687. The predicted octanol–water partition coefficient (Wildman–Crippen LogP) is 4.95. The van der Waals surface area contributed by atoms with Crippen molar-refractivity contribution in [2.75, 3.05) is 7.11 Å². The average Bonchev–Trinajstić information content (AvgIpc) is 2.67. The Bertz CT molecular complexity index is 949. The fraction of sp³-hybridized carbons (Fsp3) is 0.200. The largest absolute Gasteiger partial charge is 0.493 e. The van der Waals surface area contributed by atoms with E-state index in [1.165, 1.54) is 20.1 Å². The number of aliphatic carboxylic acids is 1. The van der Waals surface area contributed by atoms with Crippen LogP contribution in [-0.4, -0.2) is 30.1 Å². The Balaban J connectivity index is 2.13. The molecule has 9 heteroatoms. The fourth-order valence-electron chi connectivity index (χ4n) is 2.26. The van der Waals surface area contributed by atoms with Crippen molar-refractivity contribution in [2.24, 2.45) is 0 Å². The van der Waals surface area contributed by atoms with Gasteiger partial charge in [-0.3, -0.25) is 9.59 Å². The highest BCUT2D eigenvalue weighted by Crippen LogP contribution is 2.37. The summed E-state index contributed by atoms with van der Waals surface area (Å²) in [6, 6.07) is 7.68. The van der Waals surface area contributed by atoms with Crippen LogP contribution in [0.4, 0.5) is 0 Å². The van der Waals surface area contributed by atoms with Gasteiger partial charge in [-0.05, 0) is 64.3 Å².